The number of esters is 2. The lowest BCUT2D eigenvalue weighted by atomic mass is 10.0. The first-order chi connectivity index (χ1) is 15.5. The van der Waals surface area contributed by atoms with E-state index in [2.05, 4.69) is 0 Å². The molecule has 0 saturated heterocycles. The van der Waals surface area contributed by atoms with E-state index in [0.29, 0.717) is 0 Å². The molecule has 4 N–H and O–H groups in total. The van der Waals surface area contributed by atoms with Gasteiger partial charge in [0.1, 0.15) is 0 Å². The van der Waals surface area contributed by atoms with Crippen molar-refractivity contribution in [2.24, 2.45) is 11.5 Å². The summed E-state index contributed by atoms with van der Waals surface area (Å²) < 4.78 is 10.2. The minimum Gasteiger partial charge on any atom is -0.438 e. The molecule has 0 aliphatic carbocycles. The smallest absolute Gasteiger partial charge is 0.419 e. The van der Waals surface area contributed by atoms with Gasteiger partial charge in [-0.2, -0.15) is 0 Å². The summed E-state index contributed by atoms with van der Waals surface area (Å²) in [5.41, 5.74) is 13.8. The van der Waals surface area contributed by atoms with Gasteiger partial charge in [0.2, 0.25) is 0 Å². The fourth-order valence-corrected chi connectivity index (χ4v) is 3.83. The third-order valence-corrected chi connectivity index (χ3v) is 5.29. The van der Waals surface area contributed by atoms with Crippen molar-refractivity contribution in [3.05, 3.63) is 96.1 Å². The van der Waals surface area contributed by atoms with Crippen molar-refractivity contribution in [1.29, 1.82) is 0 Å². The zero-order valence-corrected chi connectivity index (χ0v) is 17.4. The van der Waals surface area contributed by atoms with Gasteiger partial charge in [0, 0.05) is 12.8 Å². The monoisotopic (exact) mass is 428 g/mol. The minimum absolute atomic E-state index is 0.266. The molecule has 4 aromatic carbocycles. The second-order valence-electron chi connectivity index (χ2n) is 7.57. The van der Waals surface area contributed by atoms with Crippen LogP contribution in [0.15, 0.2) is 84.9 Å². The molecule has 0 aliphatic heterocycles. The summed E-state index contributed by atoms with van der Waals surface area (Å²) in [7, 11) is 0. The van der Waals surface area contributed by atoms with E-state index in [4.69, 9.17) is 20.9 Å². The van der Waals surface area contributed by atoms with Gasteiger partial charge >= 0.3 is 11.9 Å². The number of nitrogens with two attached hydrogens (primary N) is 2. The number of fused-ring (bicyclic) bond motifs is 2. The van der Waals surface area contributed by atoms with Gasteiger partial charge in [-0.05, 0) is 32.7 Å². The van der Waals surface area contributed by atoms with Gasteiger partial charge in [-0.1, -0.05) is 84.9 Å². The molecular formula is C26H24N2O4. The molecule has 6 heteroatoms. The molecule has 4 rings (SSSR count). The van der Waals surface area contributed by atoms with E-state index in [1.807, 2.05) is 84.9 Å². The first-order valence-electron chi connectivity index (χ1n) is 10.4. The molecule has 0 amide bonds. The van der Waals surface area contributed by atoms with Gasteiger partial charge in [0.25, 0.3) is 0 Å². The summed E-state index contributed by atoms with van der Waals surface area (Å²) in [6.45, 7) is 0. The first-order valence-corrected chi connectivity index (χ1v) is 10.4. The molecule has 2 atom stereocenters. The summed E-state index contributed by atoms with van der Waals surface area (Å²) in [4.78, 5) is 24.4. The van der Waals surface area contributed by atoms with E-state index in [9.17, 15) is 9.59 Å². The molecule has 0 heterocycles. The number of benzene rings is 4. The average Bonchev–Trinajstić information content (AvgIpc) is 2.79. The van der Waals surface area contributed by atoms with Gasteiger partial charge in [-0.25, -0.2) is 9.59 Å². The summed E-state index contributed by atoms with van der Waals surface area (Å²) >= 11 is 0. The average molecular weight is 428 g/mol. The van der Waals surface area contributed by atoms with E-state index < -0.39 is 24.4 Å². The molecule has 0 radical (unpaired) electrons. The standard InChI is InChI=1S/C26H24N2O4/c27-23(15-19-11-5-9-17-7-1-3-13-21(17)19)31-25(29)26(30)32-24(28)16-20-12-6-10-18-8-2-4-14-22(18)20/h1-14,23-24H,15-16,27-28H2. The number of carbonyl (C=O) groups is 2. The van der Waals surface area contributed by atoms with Gasteiger partial charge in [-0.3, -0.25) is 11.5 Å². The van der Waals surface area contributed by atoms with Crippen LogP contribution in [0.5, 0.6) is 0 Å². The molecule has 0 fully saturated rings. The molecule has 0 spiro atoms. The largest absolute Gasteiger partial charge is 0.438 e. The van der Waals surface area contributed by atoms with Crippen molar-refractivity contribution in [3.63, 3.8) is 0 Å². The third-order valence-electron chi connectivity index (χ3n) is 5.29. The fraction of sp³-hybridized carbons (Fsp3) is 0.154. The van der Waals surface area contributed by atoms with Crippen molar-refractivity contribution in [2.75, 3.05) is 0 Å². The molecule has 0 saturated carbocycles. The van der Waals surface area contributed by atoms with E-state index in [1.54, 1.807) is 0 Å². The molecule has 4 aromatic rings. The van der Waals surface area contributed by atoms with Gasteiger partial charge in [-0.15, -0.1) is 0 Å². The van der Waals surface area contributed by atoms with Crippen molar-refractivity contribution < 1.29 is 19.1 Å². The summed E-state index contributed by atoms with van der Waals surface area (Å²) in [6.07, 6.45) is -1.45. The van der Waals surface area contributed by atoms with Crippen LogP contribution < -0.4 is 11.5 Å². The van der Waals surface area contributed by atoms with Gasteiger partial charge < -0.3 is 9.47 Å². The van der Waals surface area contributed by atoms with E-state index in [-0.39, 0.29) is 12.8 Å². The maximum Gasteiger partial charge on any atom is 0.419 e. The second-order valence-corrected chi connectivity index (χ2v) is 7.57. The van der Waals surface area contributed by atoms with Crippen LogP contribution in [0.25, 0.3) is 21.5 Å². The molecule has 32 heavy (non-hydrogen) atoms. The molecule has 2 unspecified atom stereocenters. The zero-order valence-electron chi connectivity index (χ0n) is 17.4. The van der Waals surface area contributed by atoms with E-state index >= 15 is 0 Å². The van der Waals surface area contributed by atoms with Crippen LogP contribution in [0.1, 0.15) is 11.1 Å². The van der Waals surface area contributed by atoms with Gasteiger partial charge in [0.05, 0.1) is 0 Å². The minimum atomic E-state index is -1.16. The Hall–Kier alpha value is -3.74. The highest BCUT2D eigenvalue weighted by atomic mass is 16.6. The van der Waals surface area contributed by atoms with Crippen LogP contribution in [0.4, 0.5) is 0 Å². The highest BCUT2D eigenvalue weighted by Gasteiger charge is 2.24. The Balaban J connectivity index is 1.34. The van der Waals surface area contributed by atoms with E-state index in [0.717, 1.165) is 32.7 Å². The summed E-state index contributed by atoms with van der Waals surface area (Å²) in [5.74, 6) is -2.32. The number of hydrogen-bond donors (Lipinski definition) is 2. The normalized spacial score (nSPS) is 12.9. The van der Waals surface area contributed by atoms with Crippen LogP contribution in [0.3, 0.4) is 0 Å². The SMILES string of the molecule is NC(Cc1cccc2ccccc12)OC(=O)C(=O)OC(N)Cc1cccc2ccccc12. The Morgan fingerprint density at radius 3 is 1.41 bits per heavy atom. The highest BCUT2D eigenvalue weighted by Crippen LogP contribution is 2.21. The lowest BCUT2D eigenvalue weighted by Gasteiger charge is -2.16. The molecule has 0 bridgehead atoms. The Kier molecular flexibility index (Phi) is 6.44. The summed E-state index contributed by atoms with van der Waals surface area (Å²) in [5, 5.41) is 4.15. The number of rotatable bonds is 6. The lowest BCUT2D eigenvalue weighted by Crippen LogP contribution is -2.37. The maximum absolute atomic E-state index is 12.2. The predicted octanol–water partition coefficient (Wildman–Crippen LogP) is 3.43. The van der Waals surface area contributed by atoms with Crippen LogP contribution >= 0.6 is 0 Å². The third kappa shape index (κ3) is 4.94. The second kappa shape index (κ2) is 9.60. The summed E-state index contributed by atoms with van der Waals surface area (Å²) in [6, 6.07) is 27.3. The van der Waals surface area contributed by atoms with Gasteiger partial charge in [0.15, 0.2) is 12.5 Å². The van der Waals surface area contributed by atoms with E-state index in [1.165, 1.54) is 0 Å². The number of ether oxygens (including phenoxy) is 2. The molecule has 6 nitrogen and oxygen atoms in total. The molecular weight excluding hydrogens is 404 g/mol. The molecule has 0 aliphatic rings. The zero-order chi connectivity index (χ0) is 22.5. The van der Waals surface area contributed by atoms with Crippen molar-refractivity contribution >= 4 is 33.5 Å². The van der Waals surface area contributed by atoms with Crippen LogP contribution in [0.2, 0.25) is 0 Å². The van der Waals surface area contributed by atoms with Crippen molar-refractivity contribution in [3.8, 4) is 0 Å². The molecule has 0 aromatic heterocycles. The van der Waals surface area contributed by atoms with Crippen molar-refractivity contribution in [2.45, 2.75) is 25.3 Å². The molecule has 162 valence electrons. The fourth-order valence-electron chi connectivity index (χ4n) is 3.83. The highest BCUT2D eigenvalue weighted by molar-refractivity contribution is 6.29. The topological polar surface area (TPSA) is 105 Å². The Labute approximate surface area is 185 Å². The van der Waals surface area contributed by atoms with Crippen LogP contribution in [-0.4, -0.2) is 24.4 Å². The predicted molar refractivity (Wildman–Crippen MR) is 123 cm³/mol. The Morgan fingerprint density at radius 2 is 0.969 bits per heavy atom. The Morgan fingerprint density at radius 1 is 0.594 bits per heavy atom. The van der Waals surface area contributed by atoms with Crippen LogP contribution in [-0.2, 0) is 31.9 Å². The Bertz CT molecular complexity index is 1160. The lowest BCUT2D eigenvalue weighted by molar-refractivity contribution is -0.173. The van der Waals surface area contributed by atoms with Crippen molar-refractivity contribution in [1.82, 2.24) is 0 Å². The quantitative estimate of drug-likeness (QED) is 0.277. The van der Waals surface area contributed by atoms with Crippen LogP contribution in [0, 0.1) is 0 Å². The maximum atomic E-state index is 12.2. The number of carbonyl (C=O) groups excluding carboxylic acids is 2. The number of hydrogen-bond acceptors (Lipinski definition) is 6. The first kappa shape index (κ1) is 21.5.